The summed E-state index contributed by atoms with van der Waals surface area (Å²) in [7, 11) is 0. The molecule has 12 heavy (non-hydrogen) atoms. The summed E-state index contributed by atoms with van der Waals surface area (Å²) in [5.41, 5.74) is 4.76. The van der Waals surface area contributed by atoms with Crippen molar-refractivity contribution in [2.24, 2.45) is 0 Å². The summed E-state index contributed by atoms with van der Waals surface area (Å²) >= 11 is 0. The maximum absolute atomic E-state index is 2.52. The molecule has 0 aromatic carbocycles. The van der Waals surface area contributed by atoms with Gasteiger partial charge in [0.2, 0.25) is 0 Å². The largest absolute Gasteiger partial charge is 0.348 e. The summed E-state index contributed by atoms with van der Waals surface area (Å²) in [6, 6.07) is 2.40. The van der Waals surface area contributed by atoms with E-state index in [9.17, 15) is 0 Å². The molecule has 0 N–H and O–H groups in total. The number of aromatic nitrogens is 1. The molecule has 1 radical (unpaired) electrons. The molecule has 0 fully saturated rings. The van der Waals surface area contributed by atoms with Crippen molar-refractivity contribution in [1.29, 1.82) is 0 Å². The molecule has 1 aromatic heterocycles. The maximum atomic E-state index is 2.52. The average molecular weight is 160 g/mol. The van der Waals surface area contributed by atoms with Crippen LogP contribution in [-0.4, -0.2) is 4.57 Å². The fourth-order valence-corrected chi connectivity index (χ4v) is 2.56. The lowest BCUT2D eigenvalue weighted by atomic mass is 9.97. The first-order chi connectivity index (χ1) is 5.95. The number of hydrogen-bond donors (Lipinski definition) is 0. The van der Waals surface area contributed by atoms with Gasteiger partial charge in [-0.05, 0) is 43.7 Å². The molecule has 1 aliphatic carbocycles. The monoisotopic (exact) mass is 160 g/mol. The van der Waals surface area contributed by atoms with Crippen molar-refractivity contribution in [2.75, 3.05) is 0 Å². The van der Waals surface area contributed by atoms with Crippen LogP contribution in [0.4, 0.5) is 0 Å². The number of fused-ring (bicyclic) bond motifs is 3. The summed E-state index contributed by atoms with van der Waals surface area (Å²) < 4.78 is 2.52. The summed E-state index contributed by atoms with van der Waals surface area (Å²) in [6.45, 7) is 1.24. The first-order valence-corrected chi connectivity index (χ1v) is 4.99. The highest BCUT2D eigenvalue weighted by molar-refractivity contribution is 5.35. The Hall–Kier alpha value is -0.720. The van der Waals surface area contributed by atoms with E-state index in [0.717, 1.165) is 0 Å². The van der Waals surface area contributed by atoms with Gasteiger partial charge in [-0.25, -0.2) is 0 Å². The lowest BCUT2D eigenvalue weighted by Crippen LogP contribution is -2.06. The second-order valence-electron chi connectivity index (χ2n) is 3.89. The van der Waals surface area contributed by atoms with Crippen LogP contribution >= 0.6 is 0 Å². The predicted octanol–water partition coefficient (Wildman–Crippen LogP) is 2.32. The van der Waals surface area contributed by atoms with E-state index < -0.39 is 0 Å². The molecule has 0 spiro atoms. The summed E-state index contributed by atoms with van der Waals surface area (Å²) in [6.07, 6.45) is 9.07. The minimum absolute atomic E-state index is 1.24. The third-order valence-corrected chi connectivity index (χ3v) is 3.15. The molecule has 0 saturated carbocycles. The molecular weight excluding hydrogens is 146 g/mol. The minimum atomic E-state index is 1.24. The zero-order chi connectivity index (χ0) is 7.97. The number of hydrogen-bond acceptors (Lipinski definition) is 0. The number of aryl methyl sites for hydroxylation is 1. The van der Waals surface area contributed by atoms with Gasteiger partial charge in [0.15, 0.2) is 0 Å². The van der Waals surface area contributed by atoms with Gasteiger partial charge in [-0.2, -0.15) is 0 Å². The Morgan fingerprint density at radius 2 is 2.08 bits per heavy atom. The van der Waals surface area contributed by atoms with Crippen LogP contribution < -0.4 is 0 Å². The van der Waals surface area contributed by atoms with E-state index in [1.54, 1.807) is 11.3 Å². The molecule has 3 rings (SSSR count). The van der Waals surface area contributed by atoms with Crippen molar-refractivity contribution in [1.82, 2.24) is 4.57 Å². The summed E-state index contributed by atoms with van der Waals surface area (Å²) in [4.78, 5) is 0. The van der Waals surface area contributed by atoms with Gasteiger partial charge in [-0.15, -0.1) is 0 Å². The van der Waals surface area contributed by atoms with E-state index in [1.165, 1.54) is 44.3 Å². The molecule has 1 heteroatoms. The zero-order valence-corrected chi connectivity index (χ0v) is 7.34. The fraction of sp³-hybridized carbons (Fsp3) is 0.545. The van der Waals surface area contributed by atoms with Gasteiger partial charge in [-0.3, -0.25) is 0 Å². The third-order valence-electron chi connectivity index (χ3n) is 3.15. The highest BCUT2D eigenvalue weighted by Crippen LogP contribution is 2.29. The van der Waals surface area contributed by atoms with Crippen molar-refractivity contribution in [2.45, 2.75) is 38.6 Å². The fourth-order valence-electron chi connectivity index (χ4n) is 2.56. The molecule has 0 bridgehead atoms. The number of rotatable bonds is 0. The first kappa shape index (κ1) is 6.76. The molecule has 2 heterocycles. The van der Waals surface area contributed by atoms with E-state index in [-0.39, 0.29) is 0 Å². The zero-order valence-electron chi connectivity index (χ0n) is 7.34. The van der Waals surface area contributed by atoms with Crippen molar-refractivity contribution in [3.05, 3.63) is 29.4 Å². The Labute approximate surface area is 73.4 Å². The highest BCUT2D eigenvalue weighted by Gasteiger charge is 2.20. The molecule has 0 saturated heterocycles. The van der Waals surface area contributed by atoms with Crippen molar-refractivity contribution in [3.8, 4) is 0 Å². The van der Waals surface area contributed by atoms with E-state index in [4.69, 9.17) is 0 Å². The normalized spacial score (nSPS) is 20.7. The highest BCUT2D eigenvalue weighted by atomic mass is 15.0. The Bertz CT molecular complexity index is 309. The lowest BCUT2D eigenvalue weighted by Gasteiger charge is -2.13. The molecule has 1 nitrogen and oxygen atoms in total. The molecule has 0 unspecified atom stereocenters. The SMILES string of the molecule is [CH]1CCn2c1cc1c2CCCC1. The van der Waals surface area contributed by atoms with Crippen molar-refractivity contribution < 1.29 is 0 Å². The van der Waals surface area contributed by atoms with Gasteiger partial charge in [0.1, 0.15) is 0 Å². The quantitative estimate of drug-likeness (QED) is 0.549. The molecular formula is C11H14N. The van der Waals surface area contributed by atoms with Crippen LogP contribution in [-0.2, 0) is 19.4 Å². The molecule has 1 aromatic rings. The molecule has 0 atom stereocenters. The van der Waals surface area contributed by atoms with Gasteiger partial charge in [0, 0.05) is 24.4 Å². The molecule has 0 amide bonds. The first-order valence-electron chi connectivity index (χ1n) is 4.99. The molecule has 63 valence electrons. The van der Waals surface area contributed by atoms with Crippen LogP contribution in [0.15, 0.2) is 6.07 Å². The summed E-state index contributed by atoms with van der Waals surface area (Å²) in [5.74, 6) is 0. The smallest absolute Gasteiger partial charge is 0.0231 e. The summed E-state index contributed by atoms with van der Waals surface area (Å²) in [5, 5.41) is 0. The van der Waals surface area contributed by atoms with Gasteiger partial charge in [-0.1, -0.05) is 0 Å². The van der Waals surface area contributed by atoms with Crippen molar-refractivity contribution in [3.63, 3.8) is 0 Å². The topological polar surface area (TPSA) is 4.93 Å². The van der Waals surface area contributed by atoms with E-state index in [1.807, 2.05) is 0 Å². The van der Waals surface area contributed by atoms with Gasteiger partial charge < -0.3 is 4.57 Å². The second-order valence-corrected chi connectivity index (χ2v) is 3.89. The standard InChI is InChI=1S/C11H14N/c1-2-6-11-9(4-1)8-10-5-3-7-12(10)11/h5,8H,1-4,6-7H2. The van der Waals surface area contributed by atoms with Crippen LogP contribution in [0.1, 0.15) is 36.2 Å². The Balaban J connectivity index is 2.14. The van der Waals surface area contributed by atoms with Crippen LogP contribution in [0, 0.1) is 6.42 Å². The lowest BCUT2D eigenvalue weighted by molar-refractivity contribution is 0.622. The Morgan fingerprint density at radius 3 is 3.08 bits per heavy atom. The predicted molar refractivity (Wildman–Crippen MR) is 49.1 cm³/mol. The maximum Gasteiger partial charge on any atom is 0.0231 e. The third kappa shape index (κ3) is 0.796. The van der Waals surface area contributed by atoms with Crippen LogP contribution in [0.25, 0.3) is 0 Å². The Kier molecular flexibility index (Phi) is 1.34. The van der Waals surface area contributed by atoms with E-state index in [0.29, 0.717) is 0 Å². The van der Waals surface area contributed by atoms with Gasteiger partial charge in [0.25, 0.3) is 0 Å². The van der Waals surface area contributed by atoms with Gasteiger partial charge >= 0.3 is 0 Å². The average Bonchev–Trinajstić information content (AvgIpc) is 2.62. The number of nitrogens with zero attached hydrogens (tertiary/aromatic N) is 1. The minimum Gasteiger partial charge on any atom is -0.348 e. The second kappa shape index (κ2) is 2.38. The Morgan fingerprint density at radius 1 is 1.17 bits per heavy atom. The van der Waals surface area contributed by atoms with Gasteiger partial charge in [0.05, 0.1) is 0 Å². The molecule has 2 aliphatic rings. The van der Waals surface area contributed by atoms with E-state index >= 15 is 0 Å². The van der Waals surface area contributed by atoms with Crippen molar-refractivity contribution >= 4 is 0 Å². The van der Waals surface area contributed by atoms with Crippen LogP contribution in [0.5, 0.6) is 0 Å². The van der Waals surface area contributed by atoms with Crippen LogP contribution in [0.3, 0.4) is 0 Å². The molecule has 1 aliphatic heterocycles. The van der Waals surface area contributed by atoms with E-state index in [2.05, 4.69) is 17.1 Å². The van der Waals surface area contributed by atoms with Crippen LogP contribution in [0.2, 0.25) is 0 Å².